The average molecular weight is 304 g/mol. The molecule has 1 heterocycles. The van der Waals surface area contributed by atoms with E-state index in [1.165, 1.54) is 0 Å². The van der Waals surface area contributed by atoms with Crippen molar-refractivity contribution < 1.29 is 10.2 Å². The molecule has 0 aliphatic rings. The number of benzene rings is 1. The van der Waals surface area contributed by atoms with Gasteiger partial charge in [-0.05, 0) is 18.6 Å². The number of anilines is 4. The zero-order valence-corrected chi connectivity index (χ0v) is 12.4. The zero-order chi connectivity index (χ0) is 15.8. The average Bonchev–Trinajstić information content (AvgIpc) is 2.53. The Kier molecular flexibility index (Phi) is 5.87. The Balaban J connectivity index is 2.22. The summed E-state index contributed by atoms with van der Waals surface area (Å²) in [5.74, 6) is 1.08. The summed E-state index contributed by atoms with van der Waals surface area (Å²) in [4.78, 5) is 12.7. The molecule has 0 unspecified atom stereocenters. The van der Waals surface area contributed by atoms with Gasteiger partial charge in [0.2, 0.25) is 17.8 Å². The van der Waals surface area contributed by atoms with Crippen LogP contribution < -0.4 is 16.0 Å². The van der Waals surface area contributed by atoms with Crippen LogP contribution in [0, 0.1) is 6.92 Å². The first-order valence-electron chi connectivity index (χ1n) is 7.01. The zero-order valence-electron chi connectivity index (χ0n) is 12.4. The van der Waals surface area contributed by atoms with E-state index < -0.39 is 0 Å². The molecule has 0 saturated carbocycles. The number of aliphatic hydroxyl groups excluding tert-OH is 2. The van der Waals surface area contributed by atoms with Crippen molar-refractivity contribution in [3.63, 3.8) is 0 Å². The van der Waals surface area contributed by atoms with Gasteiger partial charge in [0.05, 0.1) is 13.2 Å². The summed E-state index contributed by atoms with van der Waals surface area (Å²) in [5.41, 5.74) is 1.97. The van der Waals surface area contributed by atoms with E-state index in [0.29, 0.717) is 30.9 Å². The summed E-state index contributed by atoms with van der Waals surface area (Å²) < 4.78 is 0. The molecule has 22 heavy (non-hydrogen) atoms. The number of aryl methyl sites for hydroxylation is 1. The number of hydrogen-bond donors (Lipinski definition) is 5. The topological polar surface area (TPSA) is 115 Å². The minimum atomic E-state index is -0.0222. The highest BCUT2D eigenvalue weighted by atomic mass is 16.3. The molecule has 2 rings (SSSR count). The predicted molar refractivity (Wildman–Crippen MR) is 85.4 cm³/mol. The molecule has 0 spiro atoms. The molecule has 0 aliphatic carbocycles. The van der Waals surface area contributed by atoms with Gasteiger partial charge in [0.15, 0.2) is 0 Å². The quantitative estimate of drug-likeness (QED) is 0.485. The molecule has 2 aromatic rings. The van der Waals surface area contributed by atoms with Gasteiger partial charge in [-0.1, -0.05) is 18.2 Å². The Labute approximate surface area is 128 Å². The van der Waals surface area contributed by atoms with Gasteiger partial charge >= 0.3 is 0 Å². The van der Waals surface area contributed by atoms with Crippen molar-refractivity contribution in [3.05, 3.63) is 29.8 Å². The summed E-state index contributed by atoms with van der Waals surface area (Å²) in [6.45, 7) is 2.62. The molecule has 0 saturated heterocycles. The lowest BCUT2D eigenvalue weighted by atomic mass is 10.2. The third-order valence-electron chi connectivity index (χ3n) is 2.82. The maximum atomic E-state index is 8.88. The molecule has 0 aliphatic heterocycles. The van der Waals surface area contributed by atoms with Crippen LogP contribution in [0.2, 0.25) is 0 Å². The molecule has 118 valence electrons. The van der Waals surface area contributed by atoms with E-state index in [-0.39, 0.29) is 13.2 Å². The largest absolute Gasteiger partial charge is 0.395 e. The summed E-state index contributed by atoms with van der Waals surface area (Å²) in [5, 5.41) is 26.7. The Morgan fingerprint density at radius 2 is 1.41 bits per heavy atom. The van der Waals surface area contributed by atoms with Crippen molar-refractivity contribution in [2.24, 2.45) is 0 Å². The van der Waals surface area contributed by atoms with E-state index in [1.54, 1.807) is 0 Å². The highest BCUT2D eigenvalue weighted by Crippen LogP contribution is 2.19. The standard InChI is InChI=1S/C14H20N6O2/c1-10-4-2-3-5-11(10)17-14-19-12(15-6-8-21)18-13(20-14)16-7-9-22/h2-5,21-22H,6-9H2,1H3,(H3,15,16,17,18,19,20). The second kappa shape index (κ2) is 8.11. The van der Waals surface area contributed by atoms with Crippen LogP contribution in [-0.4, -0.2) is 51.5 Å². The molecule has 5 N–H and O–H groups in total. The fourth-order valence-electron chi connectivity index (χ4n) is 1.76. The van der Waals surface area contributed by atoms with Crippen LogP contribution >= 0.6 is 0 Å². The summed E-state index contributed by atoms with van der Waals surface area (Å²) in [6, 6.07) is 7.79. The van der Waals surface area contributed by atoms with E-state index in [4.69, 9.17) is 10.2 Å². The minimum absolute atomic E-state index is 0.0222. The van der Waals surface area contributed by atoms with Crippen molar-refractivity contribution in [3.8, 4) is 0 Å². The molecule has 1 aromatic heterocycles. The Hall–Kier alpha value is -2.45. The molecule has 0 amide bonds. The highest BCUT2D eigenvalue weighted by Gasteiger charge is 2.07. The normalized spacial score (nSPS) is 10.3. The van der Waals surface area contributed by atoms with Crippen LogP contribution in [0.1, 0.15) is 5.56 Å². The fourth-order valence-corrected chi connectivity index (χ4v) is 1.76. The predicted octanol–water partition coefficient (Wildman–Crippen LogP) is 0.732. The monoisotopic (exact) mass is 304 g/mol. The van der Waals surface area contributed by atoms with E-state index >= 15 is 0 Å². The molecule has 1 aromatic carbocycles. The minimum Gasteiger partial charge on any atom is -0.395 e. The van der Waals surface area contributed by atoms with Crippen LogP contribution in [0.5, 0.6) is 0 Å². The number of para-hydroxylation sites is 1. The molecular formula is C14H20N6O2. The first-order valence-corrected chi connectivity index (χ1v) is 7.01. The van der Waals surface area contributed by atoms with E-state index in [9.17, 15) is 0 Å². The first-order chi connectivity index (χ1) is 10.7. The van der Waals surface area contributed by atoms with Crippen molar-refractivity contribution in [2.75, 3.05) is 42.3 Å². The Morgan fingerprint density at radius 3 is 1.95 bits per heavy atom. The number of nitrogens with one attached hydrogen (secondary N) is 3. The van der Waals surface area contributed by atoms with Crippen molar-refractivity contribution in [1.82, 2.24) is 15.0 Å². The Morgan fingerprint density at radius 1 is 0.864 bits per heavy atom. The maximum absolute atomic E-state index is 8.88. The number of aliphatic hydroxyl groups is 2. The lowest BCUT2D eigenvalue weighted by molar-refractivity contribution is 0.310. The van der Waals surface area contributed by atoms with Gasteiger partial charge in [0.25, 0.3) is 0 Å². The maximum Gasteiger partial charge on any atom is 0.233 e. The number of rotatable bonds is 8. The van der Waals surface area contributed by atoms with Crippen molar-refractivity contribution in [2.45, 2.75) is 6.92 Å². The lowest BCUT2D eigenvalue weighted by Crippen LogP contribution is -2.14. The fraction of sp³-hybridized carbons (Fsp3) is 0.357. The molecule has 0 fully saturated rings. The van der Waals surface area contributed by atoms with Gasteiger partial charge in [-0.2, -0.15) is 15.0 Å². The molecule has 0 radical (unpaired) electrons. The second-order valence-electron chi connectivity index (χ2n) is 4.55. The molecule has 0 atom stereocenters. The molecule has 8 nitrogen and oxygen atoms in total. The SMILES string of the molecule is Cc1ccccc1Nc1nc(NCCO)nc(NCCO)n1. The number of nitrogens with zero attached hydrogens (tertiary/aromatic N) is 3. The van der Waals surface area contributed by atoms with E-state index in [2.05, 4.69) is 30.9 Å². The smallest absolute Gasteiger partial charge is 0.233 e. The molecular weight excluding hydrogens is 284 g/mol. The van der Waals surface area contributed by atoms with Crippen molar-refractivity contribution >= 4 is 23.5 Å². The van der Waals surface area contributed by atoms with Crippen LogP contribution in [-0.2, 0) is 0 Å². The third-order valence-corrected chi connectivity index (χ3v) is 2.82. The van der Waals surface area contributed by atoms with E-state index in [1.807, 2.05) is 31.2 Å². The Bertz CT molecular complexity index is 581. The highest BCUT2D eigenvalue weighted by molar-refractivity contribution is 5.59. The van der Waals surface area contributed by atoms with Gasteiger partial charge in [0.1, 0.15) is 0 Å². The van der Waals surface area contributed by atoms with Gasteiger partial charge in [-0.25, -0.2) is 0 Å². The summed E-state index contributed by atoms with van der Waals surface area (Å²) >= 11 is 0. The second-order valence-corrected chi connectivity index (χ2v) is 4.55. The first kappa shape index (κ1) is 15.9. The van der Waals surface area contributed by atoms with Crippen LogP contribution in [0.15, 0.2) is 24.3 Å². The van der Waals surface area contributed by atoms with Gasteiger partial charge in [-0.15, -0.1) is 0 Å². The summed E-state index contributed by atoms with van der Waals surface area (Å²) in [7, 11) is 0. The van der Waals surface area contributed by atoms with Crippen molar-refractivity contribution in [1.29, 1.82) is 0 Å². The van der Waals surface area contributed by atoms with Crippen LogP contribution in [0.4, 0.5) is 23.5 Å². The number of aromatic nitrogens is 3. The van der Waals surface area contributed by atoms with Crippen LogP contribution in [0.3, 0.4) is 0 Å². The molecule has 8 heteroatoms. The van der Waals surface area contributed by atoms with Gasteiger partial charge in [0, 0.05) is 18.8 Å². The van der Waals surface area contributed by atoms with Gasteiger partial charge in [-0.3, -0.25) is 0 Å². The van der Waals surface area contributed by atoms with E-state index in [0.717, 1.165) is 11.3 Å². The van der Waals surface area contributed by atoms with Gasteiger partial charge < -0.3 is 26.2 Å². The third kappa shape index (κ3) is 4.54. The lowest BCUT2D eigenvalue weighted by Gasteiger charge is -2.11. The number of hydrogen-bond acceptors (Lipinski definition) is 8. The van der Waals surface area contributed by atoms with Crippen LogP contribution in [0.25, 0.3) is 0 Å². The summed E-state index contributed by atoms with van der Waals surface area (Å²) in [6.07, 6.45) is 0. The molecule has 0 bridgehead atoms.